The first-order chi connectivity index (χ1) is 6.25. The Morgan fingerprint density at radius 1 is 1.54 bits per heavy atom. The molecule has 1 saturated heterocycles. The molecular weight excluding hydrogens is 166 g/mol. The van der Waals surface area contributed by atoms with E-state index in [1.165, 1.54) is 19.3 Å². The summed E-state index contributed by atoms with van der Waals surface area (Å²) in [5.41, 5.74) is 0. The molecule has 1 heterocycles. The second kappa shape index (κ2) is 5.10. The molecule has 1 unspecified atom stereocenters. The van der Waals surface area contributed by atoms with Crippen LogP contribution in [0, 0.1) is 0 Å². The highest BCUT2D eigenvalue weighted by atomic mass is 16.4. The van der Waals surface area contributed by atoms with Crippen LogP contribution in [0.25, 0.3) is 0 Å². The third-order valence-electron chi connectivity index (χ3n) is 2.76. The molecule has 1 aliphatic rings. The van der Waals surface area contributed by atoms with E-state index in [1.807, 2.05) is 0 Å². The Kier molecular flexibility index (Phi) is 4.06. The fraction of sp³-hybridized carbons (Fsp3) is 0.900. The Balaban J connectivity index is 2.27. The van der Waals surface area contributed by atoms with E-state index in [9.17, 15) is 4.79 Å². The van der Waals surface area contributed by atoms with E-state index in [0.29, 0.717) is 6.04 Å². The maximum absolute atomic E-state index is 10.8. The molecule has 0 radical (unpaired) electrons. The minimum atomic E-state index is -0.737. The number of amides is 1. The molecule has 3 nitrogen and oxygen atoms in total. The summed E-state index contributed by atoms with van der Waals surface area (Å²) in [4.78, 5) is 12.4. The fourth-order valence-corrected chi connectivity index (χ4v) is 2.02. The number of likely N-dealkylation sites (tertiary alicyclic amines) is 1. The van der Waals surface area contributed by atoms with Crippen LogP contribution in [0.1, 0.15) is 45.4 Å². The zero-order valence-electron chi connectivity index (χ0n) is 8.33. The van der Waals surface area contributed by atoms with Crippen LogP contribution < -0.4 is 0 Å². The standard InChI is InChI=1S/C10H19NO2/c1-2-3-4-6-9-7-5-8-11(9)10(12)13/h9H,2-8H2,1H3,(H,12,13). The minimum Gasteiger partial charge on any atom is -0.465 e. The van der Waals surface area contributed by atoms with E-state index in [2.05, 4.69) is 6.92 Å². The molecule has 13 heavy (non-hydrogen) atoms. The van der Waals surface area contributed by atoms with Crippen molar-refractivity contribution in [2.75, 3.05) is 6.54 Å². The van der Waals surface area contributed by atoms with Crippen molar-refractivity contribution in [1.29, 1.82) is 0 Å². The first kappa shape index (κ1) is 10.4. The normalized spacial score (nSPS) is 22.2. The lowest BCUT2D eigenvalue weighted by atomic mass is 10.1. The lowest BCUT2D eigenvalue weighted by Crippen LogP contribution is -2.34. The molecule has 0 aromatic heterocycles. The number of carbonyl (C=O) groups is 1. The summed E-state index contributed by atoms with van der Waals surface area (Å²) < 4.78 is 0. The molecule has 1 rings (SSSR count). The van der Waals surface area contributed by atoms with Gasteiger partial charge in [0.15, 0.2) is 0 Å². The maximum Gasteiger partial charge on any atom is 0.407 e. The first-order valence-electron chi connectivity index (χ1n) is 5.25. The van der Waals surface area contributed by atoms with Crippen molar-refractivity contribution in [3.63, 3.8) is 0 Å². The van der Waals surface area contributed by atoms with Crippen molar-refractivity contribution < 1.29 is 9.90 Å². The van der Waals surface area contributed by atoms with Crippen LogP contribution in [-0.2, 0) is 0 Å². The van der Waals surface area contributed by atoms with Gasteiger partial charge < -0.3 is 10.0 Å². The summed E-state index contributed by atoms with van der Waals surface area (Å²) in [6.07, 6.45) is 6.03. The van der Waals surface area contributed by atoms with E-state index in [-0.39, 0.29) is 0 Å². The average molecular weight is 185 g/mol. The van der Waals surface area contributed by atoms with Crippen LogP contribution in [0.4, 0.5) is 4.79 Å². The third kappa shape index (κ3) is 2.90. The summed E-state index contributed by atoms with van der Waals surface area (Å²) in [5, 5.41) is 8.87. The predicted octanol–water partition coefficient (Wildman–Crippen LogP) is 2.71. The van der Waals surface area contributed by atoms with Gasteiger partial charge in [-0.25, -0.2) is 4.79 Å². The van der Waals surface area contributed by atoms with Crippen LogP contribution in [0.5, 0.6) is 0 Å². The number of unbranched alkanes of at least 4 members (excludes halogenated alkanes) is 2. The highest BCUT2D eigenvalue weighted by Crippen LogP contribution is 2.22. The number of hydrogen-bond acceptors (Lipinski definition) is 1. The van der Waals surface area contributed by atoms with Crippen molar-refractivity contribution in [1.82, 2.24) is 4.90 Å². The second-order valence-electron chi connectivity index (χ2n) is 3.77. The van der Waals surface area contributed by atoms with Gasteiger partial charge in [-0.3, -0.25) is 0 Å². The summed E-state index contributed by atoms with van der Waals surface area (Å²) >= 11 is 0. The molecule has 3 heteroatoms. The van der Waals surface area contributed by atoms with E-state index in [1.54, 1.807) is 4.90 Å². The number of rotatable bonds is 4. The van der Waals surface area contributed by atoms with Crippen LogP contribution in [0.2, 0.25) is 0 Å². The van der Waals surface area contributed by atoms with Crippen molar-refractivity contribution in [3.8, 4) is 0 Å². The molecule has 0 saturated carbocycles. The van der Waals surface area contributed by atoms with Gasteiger partial charge in [-0.2, -0.15) is 0 Å². The molecule has 1 atom stereocenters. The number of nitrogens with zero attached hydrogens (tertiary/aromatic N) is 1. The molecule has 0 aliphatic carbocycles. The largest absolute Gasteiger partial charge is 0.465 e. The maximum atomic E-state index is 10.8. The molecule has 0 aromatic carbocycles. The molecule has 1 N–H and O–H groups in total. The van der Waals surface area contributed by atoms with E-state index >= 15 is 0 Å². The fourth-order valence-electron chi connectivity index (χ4n) is 2.02. The van der Waals surface area contributed by atoms with Crippen molar-refractivity contribution in [2.24, 2.45) is 0 Å². The van der Waals surface area contributed by atoms with Crippen molar-refractivity contribution in [2.45, 2.75) is 51.5 Å². The summed E-state index contributed by atoms with van der Waals surface area (Å²) in [7, 11) is 0. The van der Waals surface area contributed by atoms with Gasteiger partial charge in [-0.1, -0.05) is 26.2 Å². The monoisotopic (exact) mass is 185 g/mol. The van der Waals surface area contributed by atoms with Gasteiger partial charge in [0.2, 0.25) is 0 Å². The van der Waals surface area contributed by atoms with Crippen LogP contribution in [-0.4, -0.2) is 28.7 Å². The summed E-state index contributed by atoms with van der Waals surface area (Å²) in [5.74, 6) is 0. The van der Waals surface area contributed by atoms with Gasteiger partial charge in [0.1, 0.15) is 0 Å². The summed E-state index contributed by atoms with van der Waals surface area (Å²) in [6.45, 7) is 2.91. The Morgan fingerprint density at radius 3 is 2.92 bits per heavy atom. The van der Waals surface area contributed by atoms with Gasteiger partial charge in [-0.15, -0.1) is 0 Å². The predicted molar refractivity (Wildman–Crippen MR) is 51.9 cm³/mol. The van der Waals surface area contributed by atoms with Crippen molar-refractivity contribution >= 4 is 6.09 Å². The highest BCUT2D eigenvalue weighted by molar-refractivity contribution is 5.65. The number of carboxylic acid groups (broad SMARTS) is 1. The van der Waals surface area contributed by atoms with Gasteiger partial charge in [0.05, 0.1) is 0 Å². The lowest BCUT2D eigenvalue weighted by molar-refractivity contribution is 0.137. The Bertz CT molecular complexity index is 170. The smallest absolute Gasteiger partial charge is 0.407 e. The molecule has 0 aromatic rings. The lowest BCUT2D eigenvalue weighted by Gasteiger charge is -2.21. The van der Waals surface area contributed by atoms with Gasteiger partial charge in [-0.05, 0) is 19.3 Å². The molecule has 0 bridgehead atoms. The molecule has 0 spiro atoms. The SMILES string of the molecule is CCCCCC1CCCN1C(=O)O. The first-order valence-corrected chi connectivity index (χ1v) is 5.25. The Labute approximate surface area is 79.7 Å². The van der Waals surface area contributed by atoms with Crippen LogP contribution in [0.15, 0.2) is 0 Å². The minimum absolute atomic E-state index is 0.309. The van der Waals surface area contributed by atoms with Crippen LogP contribution in [0.3, 0.4) is 0 Å². The third-order valence-corrected chi connectivity index (χ3v) is 2.76. The van der Waals surface area contributed by atoms with E-state index < -0.39 is 6.09 Å². The zero-order chi connectivity index (χ0) is 9.68. The van der Waals surface area contributed by atoms with Gasteiger partial charge >= 0.3 is 6.09 Å². The topological polar surface area (TPSA) is 40.5 Å². The van der Waals surface area contributed by atoms with Crippen molar-refractivity contribution in [3.05, 3.63) is 0 Å². The highest BCUT2D eigenvalue weighted by Gasteiger charge is 2.27. The quantitative estimate of drug-likeness (QED) is 0.684. The van der Waals surface area contributed by atoms with Gasteiger partial charge in [0.25, 0.3) is 0 Å². The Hall–Kier alpha value is -0.730. The Morgan fingerprint density at radius 2 is 2.31 bits per heavy atom. The number of hydrogen-bond donors (Lipinski definition) is 1. The second-order valence-corrected chi connectivity index (χ2v) is 3.77. The molecular formula is C10H19NO2. The molecule has 1 aliphatic heterocycles. The zero-order valence-corrected chi connectivity index (χ0v) is 8.33. The summed E-state index contributed by atoms with van der Waals surface area (Å²) in [6, 6.07) is 0.309. The van der Waals surface area contributed by atoms with E-state index in [0.717, 1.165) is 25.8 Å². The average Bonchev–Trinajstić information content (AvgIpc) is 2.53. The van der Waals surface area contributed by atoms with Crippen LogP contribution >= 0.6 is 0 Å². The van der Waals surface area contributed by atoms with E-state index in [4.69, 9.17) is 5.11 Å². The molecule has 1 fully saturated rings. The molecule has 76 valence electrons. The molecule has 1 amide bonds. The van der Waals surface area contributed by atoms with Gasteiger partial charge in [0, 0.05) is 12.6 Å².